The molecular formula is C18H23N3O. The number of nitrogens with zero attached hydrogens (tertiary/aromatic N) is 3. The van der Waals surface area contributed by atoms with Crippen LogP contribution in [0, 0.1) is 0 Å². The molecule has 0 unspecified atom stereocenters. The summed E-state index contributed by atoms with van der Waals surface area (Å²) in [6, 6.07) is 16.6. The number of benzene rings is 2. The van der Waals surface area contributed by atoms with Crippen molar-refractivity contribution < 1.29 is 4.84 Å². The van der Waals surface area contributed by atoms with Crippen molar-refractivity contribution in [1.82, 2.24) is 0 Å². The second-order valence-electron chi connectivity index (χ2n) is 5.51. The normalized spacial score (nSPS) is 10.0. The van der Waals surface area contributed by atoms with Crippen LogP contribution in [-0.2, 0) is 4.84 Å². The predicted octanol–water partition coefficient (Wildman–Crippen LogP) is 3.22. The van der Waals surface area contributed by atoms with Gasteiger partial charge in [-0.15, -0.1) is 0 Å². The van der Waals surface area contributed by atoms with Crippen molar-refractivity contribution >= 4 is 17.1 Å². The van der Waals surface area contributed by atoms with Crippen LogP contribution in [0.3, 0.4) is 0 Å². The smallest absolute Gasteiger partial charge is 0.117 e. The molecule has 0 spiro atoms. The van der Waals surface area contributed by atoms with Crippen molar-refractivity contribution in [3.8, 4) is 0 Å². The quantitative estimate of drug-likeness (QED) is 0.626. The molecule has 0 radical (unpaired) electrons. The first kappa shape index (κ1) is 15.9. The topological polar surface area (TPSA) is 28.1 Å². The lowest BCUT2D eigenvalue weighted by Crippen LogP contribution is -2.10. The van der Waals surface area contributed by atoms with Gasteiger partial charge in [-0.1, -0.05) is 29.4 Å². The third-order valence-electron chi connectivity index (χ3n) is 3.50. The molecule has 0 bridgehead atoms. The van der Waals surface area contributed by atoms with E-state index in [0.717, 1.165) is 28.2 Å². The van der Waals surface area contributed by atoms with E-state index in [1.807, 2.05) is 28.2 Å². The van der Waals surface area contributed by atoms with Gasteiger partial charge in [0.15, 0.2) is 0 Å². The third kappa shape index (κ3) is 3.58. The Morgan fingerprint density at radius 3 is 1.36 bits per heavy atom. The zero-order chi connectivity index (χ0) is 16.1. The monoisotopic (exact) mass is 297 g/mol. The van der Waals surface area contributed by atoms with E-state index < -0.39 is 0 Å². The molecule has 0 amide bonds. The lowest BCUT2D eigenvalue weighted by Gasteiger charge is -2.15. The Hall–Kier alpha value is -2.49. The molecule has 2 aromatic carbocycles. The highest BCUT2D eigenvalue weighted by molar-refractivity contribution is 6.12. The molecule has 2 rings (SSSR count). The van der Waals surface area contributed by atoms with E-state index >= 15 is 0 Å². The summed E-state index contributed by atoms with van der Waals surface area (Å²) in [5.74, 6) is 0. The second-order valence-corrected chi connectivity index (χ2v) is 5.51. The average molecular weight is 297 g/mol. The van der Waals surface area contributed by atoms with Gasteiger partial charge in [-0.05, 0) is 24.3 Å². The van der Waals surface area contributed by atoms with Crippen molar-refractivity contribution in [1.29, 1.82) is 0 Å². The lowest BCUT2D eigenvalue weighted by molar-refractivity contribution is 0.214. The molecular weight excluding hydrogens is 274 g/mol. The fourth-order valence-corrected chi connectivity index (χ4v) is 2.20. The molecule has 0 fully saturated rings. The summed E-state index contributed by atoms with van der Waals surface area (Å²) in [7, 11) is 9.68. The van der Waals surface area contributed by atoms with Gasteiger partial charge in [-0.3, -0.25) is 0 Å². The summed E-state index contributed by atoms with van der Waals surface area (Å²) < 4.78 is 0. The van der Waals surface area contributed by atoms with Gasteiger partial charge in [0, 0.05) is 50.7 Å². The number of hydrogen-bond acceptors (Lipinski definition) is 4. The van der Waals surface area contributed by atoms with Crippen LogP contribution in [0.2, 0.25) is 0 Å². The highest BCUT2D eigenvalue weighted by atomic mass is 16.6. The van der Waals surface area contributed by atoms with Crippen molar-refractivity contribution in [3.63, 3.8) is 0 Å². The molecule has 0 aromatic heterocycles. The predicted molar refractivity (Wildman–Crippen MR) is 94.2 cm³/mol. The fourth-order valence-electron chi connectivity index (χ4n) is 2.20. The molecule has 0 N–H and O–H groups in total. The van der Waals surface area contributed by atoms with E-state index in [-0.39, 0.29) is 0 Å². The average Bonchev–Trinajstić information content (AvgIpc) is 2.53. The second kappa shape index (κ2) is 6.98. The van der Waals surface area contributed by atoms with Crippen LogP contribution in [0.15, 0.2) is 53.7 Å². The molecule has 0 aliphatic rings. The molecule has 0 aliphatic carbocycles. The summed E-state index contributed by atoms with van der Waals surface area (Å²) in [5.41, 5.74) is 5.21. The first-order valence-corrected chi connectivity index (χ1v) is 7.19. The van der Waals surface area contributed by atoms with Gasteiger partial charge in [0.25, 0.3) is 0 Å². The van der Waals surface area contributed by atoms with Crippen molar-refractivity contribution in [2.45, 2.75) is 0 Å². The lowest BCUT2D eigenvalue weighted by atomic mass is 10.0. The van der Waals surface area contributed by atoms with Crippen LogP contribution in [-0.4, -0.2) is 41.0 Å². The van der Waals surface area contributed by atoms with Gasteiger partial charge in [0.2, 0.25) is 0 Å². The Morgan fingerprint density at radius 1 is 0.727 bits per heavy atom. The molecule has 0 heterocycles. The van der Waals surface area contributed by atoms with Crippen molar-refractivity contribution in [3.05, 3.63) is 59.7 Å². The molecule has 2 aromatic rings. The van der Waals surface area contributed by atoms with Gasteiger partial charge < -0.3 is 14.6 Å². The van der Waals surface area contributed by atoms with Gasteiger partial charge in [-0.25, -0.2) is 0 Å². The molecule has 0 saturated heterocycles. The summed E-state index contributed by atoms with van der Waals surface area (Å²) in [4.78, 5) is 9.18. The van der Waals surface area contributed by atoms with Gasteiger partial charge in [0.1, 0.15) is 12.8 Å². The Labute approximate surface area is 132 Å². The van der Waals surface area contributed by atoms with Crippen LogP contribution in [0.25, 0.3) is 0 Å². The highest BCUT2D eigenvalue weighted by Gasteiger charge is 2.09. The largest absolute Gasteiger partial charge is 0.399 e. The zero-order valence-corrected chi connectivity index (χ0v) is 13.9. The highest BCUT2D eigenvalue weighted by Crippen LogP contribution is 2.19. The van der Waals surface area contributed by atoms with Crippen molar-refractivity contribution in [2.24, 2.45) is 5.16 Å². The minimum Gasteiger partial charge on any atom is -0.399 e. The number of anilines is 2. The van der Waals surface area contributed by atoms with Crippen LogP contribution in [0.1, 0.15) is 11.1 Å². The summed E-state index contributed by atoms with van der Waals surface area (Å²) in [6.45, 7) is 0. The van der Waals surface area contributed by atoms with Crippen LogP contribution in [0.5, 0.6) is 0 Å². The number of oxime groups is 1. The SMILES string of the molecule is CON=C(c1ccc(N(C)C)cc1)c1ccc(N(C)C)cc1. The standard InChI is InChI=1S/C18H23N3O/c1-20(2)16-10-6-14(7-11-16)18(19-22-5)15-8-12-17(13-9-15)21(3)4/h6-13H,1-5H3. The Kier molecular flexibility index (Phi) is 5.04. The van der Waals surface area contributed by atoms with Gasteiger partial charge >= 0.3 is 0 Å². The minimum atomic E-state index is 0.832. The maximum atomic E-state index is 5.04. The molecule has 4 heteroatoms. The van der Waals surface area contributed by atoms with Crippen LogP contribution >= 0.6 is 0 Å². The van der Waals surface area contributed by atoms with Crippen molar-refractivity contribution in [2.75, 3.05) is 45.1 Å². The summed E-state index contributed by atoms with van der Waals surface area (Å²) in [5, 5.41) is 4.20. The van der Waals surface area contributed by atoms with E-state index in [1.165, 1.54) is 0 Å². The first-order valence-electron chi connectivity index (χ1n) is 7.19. The third-order valence-corrected chi connectivity index (χ3v) is 3.50. The van der Waals surface area contributed by atoms with Gasteiger partial charge in [-0.2, -0.15) is 0 Å². The van der Waals surface area contributed by atoms with E-state index in [0.29, 0.717) is 0 Å². The molecule has 4 nitrogen and oxygen atoms in total. The Morgan fingerprint density at radius 2 is 1.09 bits per heavy atom. The van der Waals surface area contributed by atoms with Crippen LogP contribution in [0.4, 0.5) is 11.4 Å². The number of rotatable bonds is 5. The zero-order valence-electron chi connectivity index (χ0n) is 13.9. The molecule has 116 valence electrons. The van der Waals surface area contributed by atoms with E-state index in [2.05, 4.69) is 63.5 Å². The van der Waals surface area contributed by atoms with E-state index in [1.54, 1.807) is 7.11 Å². The number of hydrogen-bond donors (Lipinski definition) is 0. The van der Waals surface area contributed by atoms with E-state index in [4.69, 9.17) is 4.84 Å². The van der Waals surface area contributed by atoms with E-state index in [9.17, 15) is 0 Å². The fraction of sp³-hybridized carbons (Fsp3) is 0.278. The van der Waals surface area contributed by atoms with Gasteiger partial charge in [0.05, 0.1) is 0 Å². The molecule has 0 saturated carbocycles. The molecule has 22 heavy (non-hydrogen) atoms. The summed E-state index contributed by atoms with van der Waals surface area (Å²) in [6.07, 6.45) is 0. The Bertz CT molecular complexity index is 575. The maximum absolute atomic E-state index is 5.04. The minimum absolute atomic E-state index is 0.832. The Balaban J connectivity index is 2.36. The van der Waals surface area contributed by atoms with Crippen LogP contribution < -0.4 is 9.80 Å². The summed E-state index contributed by atoms with van der Waals surface area (Å²) >= 11 is 0. The molecule has 0 atom stereocenters. The first-order chi connectivity index (χ1) is 10.5. The molecule has 0 aliphatic heterocycles. The maximum Gasteiger partial charge on any atom is 0.117 e.